The zero-order valence-corrected chi connectivity index (χ0v) is 21.2. The number of hydrogen-bond donors (Lipinski definition) is 2. The topological polar surface area (TPSA) is 123 Å². The first kappa shape index (κ1) is 26.0. The Bertz CT molecular complexity index is 1530. The molecule has 1 aliphatic rings. The summed E-state index contributed by atoms with van der Waals surface area (Å²) in [5.41, 5.74) is 3.03. The van der Waals surface area contributed by atoms with E-state index in [0.29, 0.717) is 24.4 Å². The van der Waals surface area contributed by atoms with Crippen molar-refractivity contribution in [1.29, 1.82) is 5.26 Å². The predicted octanol–water partition coefficient (Wildman–Crippen LogP) is 2.55. The van der Waals surface area contributed by atoms with Crippen LogP contribution in [0.1, 0.15) is 23.6 Å². The van der Waals surface area contributed by atoms with Crippen molar-refractivity contribution in [2.24, 2.45) is 0 Å². The van der Waals surface area contributed by atoms with Crippen LogP contribution < -0.4 is 14.4 Å². The summed E-state index contributed by atoms with van der Waals surface area (Å²) < 4.78 is 33.5. The van der Waals surface area contributed by atoms with Gasteiger partial charge in [-0.05, 0) is 60.8 Å². The van der Waals surface area contributed by atoms with Crippen LogP contribution in [0.25, 0.3) is 10.8 Å². The van der Waals surface area contributed by atoms with E-state index in [9.17, 15) is 18.5 Å². The molecule has 9 nitrogen and oxygen atoms in total. The molecule has 1 heterocycles. The molecule has 10 heteroatoms. The Morgan fingerprint density at radius 2 is 1.70 bits per heavy atom. The number of piperazine rings is 1. The zero-order valence-electron chi connectivity index (χ0n) is 20.4. The van der Waals surface area contributed by atoms with E-state index in [1.54, 1.807) is 13.2 Å². The molecule has 0 radical (unpaired) electrons. The summed E-state index contributed by atoms with van der Waals surface area (Å²) in [5, 5.41) is 20.3. The van der Waals surface area contributed by atoms with E-state index in [2.05, 4.69) is 27.5 Å². The summed E-state index contributed by atoms with van der Waals surface area (Å²) in [6, 6.07) is 18.0. The summed E-state index contributed by atoms with van der Waals surface area (Å²) >= 11 is 0. The Morgan fingerprint density at radius 3 is 2.32 bits per heavy atom. The molecule has 3 aromatic carbocycles. The quantitative estimate of drug-likeness (QED) is 0.481. The molecule has 2 N–H and O–H groups in total. The van der Waals surface area contributed by atoms with Crippen LogP contribution in [0.2, 0.25) is 0 Å². The Morgan fingerprint density at radius 1 is 1.03 bits per heavy atom. The van der Waals surface area contributed by atoms with Crippen molar-refractivity contribution in [3.8, 4) is 23.7 Å². The SMILES string of the molecule is COc1ccc2cc(C#Cc3ccc(N4CCN(S(=O)(=O)N[C@H](C)C(=O)O)CC4)cc3)cc(C#N)c2c1. The average molecular weight is 519 g/mol. The van der Waals surface area contributed by atoms with Crippen molar-refractivity contribution in [2.45, 2.75) is 13.0 Å². The minimum Gasteiger partial charge on any atom is -0.497 e. The number of methoxy groups -OCH3 is 1. The van der Waals surface area contributed by atoms with Crippen LogP contribution in [-0.4, -0.2) is 63.1 Å². The molecule has 0 spiro atoms. The van der Waals surface area contributed by atoms with Crippen LogP contribution in [0, 0.1) is 23.2 Å². The highest BCUT2D eigenvalue weighted by molar-refractivity contribution is 7.87. The van der Waals surface area contributed by atoms with Crippen molar-refractivity contribution in [1.82, 2.24) is 9.03 Å². The fraction of sp³-hybridized carbons (Fsp3) is 0.259. The maximum Gasteiger partial charge on any atom is 0.321 e. The molecule has 37 heavy (non-hydrogen) atoms. The largest absolute Gasteiger partial charge is 0.497 e. The van der Waals surface area contributed by atoms with Gasteiger partial charge in [0, 0.05) is 48.4 Å². The lowest BCUT2D eigenvalue weighted by Crippen LogP contribution is -2.54. The molecule has 1 aliphatic heterocycles. The fourth-order valence-corrected chi connectivity index (χ4v) is 5.40. The maximum atomic E-state index is 12.4. The number of benzene rings is 3. The molecule has 0 amide bonds. The second-order valence-electron chi connectivity index (χ2n) is 8.59. The van der Waals surface area contributed by atoms with Gasteiger partial charge in [0.1, 0.15) is 11.8 Å². The van der Waals surface area contributed by atoms with Gasteiger partial charge >= 0.3 is 5.97 Å². The van der Waals surface area contributed by atoms with Crippen LogP contribution >= 0.6 is 0 Å². The van der Waals surface area contributed by atoms with Crippen LogP contribution in [0.5, 0.6) is 5.75 Å². The Kier molecular flexibility index (Phi) is 7.65. The number of ether oxygens (including phenoxy) is 1. The number of hydrogen-bond acceptors (Lipinski definition) is 6. The van der Waals surface area contributed by atoms with Crippen LogP contribution in [0.3, 0.4) is 0 Å². The number of carboxylic acid groups (broad SMARTS) is 1. The Balaban J connectivity index is 1.43. The molecular formula is C27H26N4O5S. The zero-order chi connectivity index (χ0) is 26.6. The molecule has 190 valence electrons. The van der Waals surface area contributed by atoms with E-state index in [-0.39, 0.29) is 13.1 Å². The second-order valence-corrected chi connectivity index (χ2v) is 10.3. The molecule has 0 unspecified atom stereocenters. The molecular weight excluding hydrogens is 492 g/mol. The number of nitrogens with zero attached hydrogens (tertiary/aromatic N) is 3. The van der Waals surface area contributed by atoms with Gasteiger partial charge in [0.25, 0.3) is 10.2 Å². The lowest BCUT2D eigenvalue weighted by molar-refractivity contribution is -0.138. The van der Waals surface area contributed by atoms with Crippen molar-refractivity contribution < 1.29 is 23.1 Å². The molecule has 4 rings (SSSR count). The predicted molar refractivity (Wildman–Crippen MR) is 141 cm³/mol. The highest BCUT2D eigenvalue weighted by Crippen LogP contribution is 2.25. The van der Waals surface area contributed by atoms with Gasteiger partial charge in [0.15, 0.2) is 0 Å². The van der Waals surface area contributed by atoms with Crippen molar-refractivity contribution in [2.75, 3.05) is 38.2 Å². The highest BCUT2D eigenvalue weighted by atomic mass is 32.2. The first-order chi connectivity index (χ1) is 17.7. The van der Waals surface area contributed by atoms with Gasteiger partial charge in [0.05, 0.1) is 18.7 Å². The van der Waals surface area contributed by atoms with Crippen LogP contribution in [0.4, 0.5) is 5.69 Å². The number of fused-ring (bicyclic) bond motifs is 1. The maximum absolute atomic E-state index is 12.4. The number of carbonyl (C=O) groups is 1. The fourth-order valence-electron chi connectivity index (χ4n) is 4.06. The Hall–Kier alpha value is -4.09. The first-order valence-corrected chi connectivity index (χ1v) is 13.0. The van der Waals surface area contributed by atoms with Crippen molar-refractivity contribution >= 4 is 32.6 Å². The number of aliphatic carboxylic acids is 1. The van der Waals surface area contributed by atoms with Gasteiger partial charge in [-0.25, -0.2) is 0 Å². The number of anilines is 1. The monoisotopic (exact) mass is 518 g/mol. The number of nitrogens with one attached hydrogen (secondary N) is 1. The summed E-state index contributed by atoms with van der Waals surface area (Å²) in [7, 11) is -2.28. The van der Waals surface area contributed by atoms with E-state index < -0.39 is 22.2 Å². The summed E-state index contributed by atoms with van der Waals surface area (Å²) in [6.45, 7) is 2.75. The van der Waals surface area contributed by atoms with E-state index >= 15 is 0 Å². The molecule has 0 aromatic heterocycles. The number of nitriles is 1. The van der Waals surface area contributed by atoms with Gasteiger partial charge in [0.2, 0.25) is 0 Å². The van der Waals surface area contributed by atoms with Crippen LogP contribution in [-0.2, 0) is 15.0 Å². The molecule has 0 aliphatic carbocycles. The van der Waals surface area contributed by atoms with Crippen LogP contribution in [0.15, 0.2) is 54.6 Å². The Labute approximate surface area is 216 Å². The van der Waals surface area contributed by atoms with Gasteiger partial charge in [-0.15, -0.1) is 0 Å². The minimum absolute atomic E-state index is 0.248. The summed E-state index contributed by atoms with van der Waals surface area (Å²) in [5.74, 6) is 5.74. The molecule has 3 aromatic rings. The van der Waals surface area contributed by atoms with Gasteiger partial charge in [-0.1, -0.05) is 17.9 Å². The lowest BCUT2D eigenvalue weighted by Gasteiger charge is -2.35. The molecule has 1 saturated heterocycles. The molecule has 1 atom stereocenters. The van der Waals surface area contributed by atoms with E-state index in [4.69, 9.17) is 9.84 Å². The smallest absolute Gasteiger partial charge is 0.321 e. The van der Waals surface area contributed by atoms with E-state index in [1.807, 2.05) is 48.5 Å². The standard InChI is InChI=1S/C27H26N4O5S/c1-19(27(32)33)29-37(34,35)31-13-11-30(12-14-31)24-8-5-20(6-9-24)3-4-21-15-22-7-10-25(36-2)17-26(22)23(16-21)18-28/h5-10,15-17,19,29H,11-14H2,1-2H3,(H,32,33)/t19-/m1/s1. The third kappa shape index (κ3) is 6.01. The highest BCUT2D eigenvalue weighted by Gasteiger charge is 2.29. The van der Waals surface area contributed by atoms with Gasteiger partial charge in [-0.3, -0.25) is 4.79 Å². The summed E-state index contributed by atoms with van der Waals surface area (Å²) in [4.78, 5) is 13.0. The third-order valence-electron chi connectivity index (χ3n) is 6.14. The second kappa shape index (κ2) is 10.9. The molecule has 1 fully saturated rings. The van der Waals surface area contributed by atoms with Gasteiger partial charge in [-0.2, -0.15) is 22.7 Å². The van der Waals surface area contributed by atoms with Crippen molar-refractivity contribution in [3.05, 3.63) is 71.3 Å². The van der Waals surface area contributed by atoms with Gasteiger partial charge < -0.3 is 14.7 Å². The number of carboxylic acids is 1. The first-order valence-electron chi connectivity index (χ1n) is 11.6. The van der Waals surface area contributed by atoms with Crippen molar-refractivity contribution in [3.63, 3.8) is 0 Å². The number of rotatable bonds is 6. The lowest BCUT2D eigenvalue weighted by atomic mass is 10.0. The average Bonchev–Trinajstić information content (AvgIpc) is 2.91. The minimum atomic E-state index is -3.86. The van der Waals surface area contributed by atoms with E-state index in [1.165, 1.54) is 11.2 Å². The normalized spacial score (nSPS) is 14.9. The molecule has 0 bridgehead atoms. The molecule has 0 saturated carbocycles. The summed E-state index contributed by atoms with van der Waals surface area (Å²) in [6.07, 6.45) is 0. The van der Waals surface area contributed by atoms with E-state index in [0.717, 1.165) is 27.6 Å². The third-order valence-corrected chi connectivity index (χ3v) is 7.84.